The van der Waals surface area contributed by atoms with Gasteiger partial charge in [0, 0.05) is 30.9 Å². The molecule has 0 amide bonds. The van der Waals surface area contributed by atoms with Crippen LogP contribution in [0.15, 0.2) is 211 Å². The van der Waals surface area contributed by atoms with Gasteiger partial charge in [-0.15, -0.1) is 11.3 Å². The van der Waals surface area contributed by atoms with Gasteiger partial charge in [0.05, 0.1) is 0 Å². The van der Waals surface area contributed by atoms with Crippen molar-refractivity contribution in [1.82, 2.24) is 0 Å². The average Bonchev–Trinajstić information content (AvgIpc) is 3.88. The Morgan fingerprint density at radius 1 is 0.267 bits per heavy atom. The van der Waals surface area contributed by atoms with Crippen LogP contribution in [0.5, 0.6) is 0 Å². The molecular weight excluding hydrogens is 745 g/mol. The second-order valence-electron chi connectivity index (χ2n) is 15.8. The Labute approximate surface area is 350 Å². The van der Waals surface area contributed by atoms with Crippen molar-refractivity contribution in [3.05, 3.63) is 206 Å². The van der Waals surface area contributed by atoms with E-state index in [0.717, 1.165) is 27.5 Å². The number of hydrogen-bond acceptors (Lipinski definition) is 2. The Balaban J connectivity index is 1.04. The number of benzene rings is 11. The van der Waals surface area contributed by atoms with Crippen LogP contribution in [0.25, 0.3) is 130 Å². The van der Waals surface area contributed by atoms with Crippen LogP contribution >= 0.6 is 11.3 Å². The molecule has 0 aliphatic carbocycles. The van der Waals surface area contributed by atoms with Crippen LogP contribution in [0.2, 0.25) is 0 Å². The number of furan rings is 1. The molecule has 13 rings (SSSR count). The van der Waals surface area contributed by atoms with Crippen molar-refractivity contribution in [1.29, 1.82) is 0 Å². The fraction of sp³-hybridized carbons (Fsp3) is 0. The zero-order valence-electron chi connectivity index (χ0n) is 32.4. The van der Waals surface area contributed by atoms with E-state index in [0.29, 0.717) is 0 Å². The summed E-state index contributed by atoms with van der Waals surface area (Å²) in [7, 11) is 0. The lowest BCUT2D eigenvalue weighted by Gasteiger charge is -2.18. The molecule has 0 aliphatic rings. The van der Waals surface area contributed by atoms with Gasteiger partial charge >= 0.3 is 0 Å². The van der Waals surface area contributed by atoms with Gasteiger partial charge in [0.1, 0.15) is 11.2 Å². The lowest BCUT2D eigenvalue weighted by molar-refractivity contribution is 0.669. The van der Waals surface area contributed by atoms with E-state index < -0.39 is 0 Å². The summed E-state index contributed by atoms with van der Waals surface area (Å²) in [6.07, 6.45) is 0. The second kappa shape index (κ2) is 13.0. The normalized spacial score (nSPS) is 12.0. The van der Waals surface area contributed by atoms with Gasteiger partial charge in [-0.2, -0.15) is 0 Å². The van der Waals surface area contributed by atoms with E-state index in [-0.39, 0.29) is 0 Å². The predicted molar refractivity (Wildman–Crippen MR) is 258 cm³/mol. The zero-order chi connectivity index (χ0) is 39.3. The number of rotatable bonds is 4. The maximum atomic E-state index is 6.88. The van der Waals surface area contributed by atoms with Gasteiger partial charge in [0.2, 0.25) is 0 Å². The van der Waals surface area contributed by atoms with E-state index in [4.69, 9.17) is 4.42 Å². The Hall–Kier alpha value is -7.52. The molecule has 0 unspecified atom stereocenters. The molecule has 13 aromatic rings. The first-order chi connectivity index (χ1) is 29.8. The molecule has 0 spiro atoms. The molecule has 0 saturated carbocycles. The van der Waals surface area contributed by atoms with E-state index in [1.165, 1.54) is 102 Å². The van der Waals surface area contributed by atoms with Gasteiger partial charge in [-0.3, -0.25) is 0 Å². The summed E-state index contributed by atoms with van der Waals surface area (Å²) in [5.74, 6) is 0. The van der Waals surface area contributed by atoms with Crippen LogP contribution < -0.4 is 0 Å². The van der Waals surface area contributed by atoms with E-state index in [2.05, 4.69) is 206 Å². The zero-order valence-corrected chi connectivity index (χ0v) is 33.3. The van der Waals surface area contributed by atoms with Crippen molar-refractivity contribution in [3.8, 4) is 44.5 Å². The third-order valence-corrected chi connectivity index (χ3v) is 13.8. The third-order valence-electron chi connectivity index (χ3n) is 12.6. The van der Waals surface area contributed by atoms with Gasteiger partial charge in [0.15, 0.2) is 0 Å². The molecule has 2 heterocycles. The molecular formula is C58H34OS. The lowest BCUT2D eigenvalue weighted by Crippen LogP contribution is -1.91. The quantitative estimate of drug-likeness (QED) is 0.162. The lowest BCUT2D eigenvalue weighted by atomic mass is 9.84. The largest absolute Gasteiger partial charge is 0.456 e. The second-order valence-corrected chi connectivity index (χ2v) is 16.9. The highest BCUT2D eigenvalue weighted by atomic mass is 32.1. The Bertz CT molecular complexity index is 3770. The summed E-state index contributed by atoms with van der Waals surface area (Å²) in [6.45, 7) is 0. The molecule has 0 atom stereocenters. The van der Waals surface area contributed by atoms with Crippen molar-refractivity contribution in [2.24, 2.45) is 0 Å². The van der Waals surface area contributed by atoms with Crippen LogP contribution in [0.1, 0.15) is 0 Å². The van der Waals surface area contributed by atoms with E-state index in [1.807, 2.05) is 11.3 Å². The summed E-state index contributed by atoms with van der Waals surface area (Å²) in [5.41, 5.74) is 11.6. The topological polar surface area (TPSA) is 13.1 Å². The number of thiophene rings is 1. The van der Waals surface area contributed by atoms with Crippen LogP contribution in [0.3, 0.4) is 0 Å². The smallest absolute Gasteiger partial charge is 0.136 e. The first kappa shape index (κ1) is 33.5. The molecule has 0 bridgehead atoms. The highest BCUT2D eigenvalue weighted by molar-refractivity contribution is 7.25. The molecule has 0 radical (unpaired) electrons. The molecule has 0 saturated heterocycles. The summed E-state index contributed by atoms with van der Waals surface area (Å²) in [6, 6.07) is 75.6. The van der Waals surface area contributed by atoms with Gasteiger partial charge in [-0.25, -0.2) is 0 Å². The molecule has 0 fully saturated rings. The highest BCUT2D eigenvalue weighted by Crippen LogP contribution is 2.49. The van der Waals surface area contributed by atoms with E-state index in [1.54, 1.807) is 0 Å². The average molecular weight is 779 g/mol. The molecule has 0 N–H and O–H groups in total. The summed E-state index contributed by atoms with van der Waals surface area (Å²) < 4.78 is 9.52. The van der Waals surface area contributed by atoms with Crippen LogP contribution in [0.4, 0.5) is 0 Å². The number of hydrogen-bond donors (Lipinski definition) is 0. The van der Waals surface area contributed by atoms with Crippen molar-refractivity contribution in [2.45, 2.75) is 0 Å². The standard InChI is InChI=1S/C58H34OS/c1-2-15-35(16-3-1)54-44-22-8-10-24-46(44)57(47-25-11-9-23-45(47)54)49-26-14-27-50-58(49)48-32-30-36(33-51(48)59-50)55-40-18-4-6-20-42(40)56(43-21-7-5-19-41(43)55)37-29-31-39-38-17-12-13-28-52(38)60-53(39)34-37/h1-34H. The van der Waals surface area contributed by atoms with Gasteiger partial charge in [-0.05, 0) is 118 Å². The third kappa shape index (κ3) is 4.86. The highest BCUT2D eigenvalue weighted by Gasteiger charge is 2.22. The summed E-state index contributed by atoms with van der Waals surface area (Å²) in [4.78, 5) is 0. The molecule has 60 heavy (non-hydrogen) atoms. The maximum absolute atomic E-state index is 6.88. The summed E-state index contributed by atoms with van der Waals surface area (Å²) >= 11 is 1.87. The van der Waals surface area contributed by atoms with Gasteiger partial charge in [-0.1, -0.05) is 176 Å². The fourth-order valence-electron chi connectivity index (χ4n) is 10.2. The SMILES string of the molecule is c1ccc(-c2c3ccccc3c(-c3cccc4oc5cc(-c6c7ccccc7c(-c7ccc8c(c7)sc7ccccc78)c7ccccc67)ccc5c34)c3ccccc23)cc1. The summed E-state index contributed by atoms with van der Waals surface area (Å²) in [5, 5.41) is 14.8. The van der Waals surface area contributed by atoms with Crippen LogP contribution in [0, 0.1) is 0 Å². The minimum absolute atomic E-state index is 0.886. The Morgan fingerprint density at radius 2 is 0.717 bits per heavy atom. The molecule has 11 aromatic carbocycles. The monoisotopic (exact) mass is 778 g/mol. The molecule has 278 valence electrons. The van der Waals surface area contributed by atoms with Crippen molar-refractivity contribution < 1.29 is 4.42 Å². The minimum Gasteiger partial charge on any atom is -0.456 e. The Kier molecular flexibility index (Phi) is 7.24. The maximum Gasteiger partial charge on any atom is 0.136 e. The molecule has 0 aliphatic heterocycles. The van der Waals surface area contributed by atoms with Crippen LogP contribution in [-0.4, -0.2) is 0 Å². The predicted octanol–water partition coefficient (Wildman–Crippen LogP) is 17.2. The van der Waals surface area contributed by atoms with Gasteiger partial charge in [0.25, 0.3) is 0 Å². The van der Waals surface area contributed by atoms with Crippen molar-refractivity contribution in [3.63, 3.8) is 0 Å². The van der Waals surface area contributed by atoms with E-state index >= 15 is 0 Å². The first-order valence-electron chi connectivity index (χ1n) is 20.6. The molecule has 2 aromatic heterocycles. The number of fused-ring (bicyclic) bond motifs is 10. The van der Waals surface area contributed by atoms with Crippen molar-refractivity contribution in [2.75, 3.05) is 0 Å². The first-order valence-corrected chi connectivity index (χ1v) is 21.4. The Morgan fingerprint density at radius 3 is 1.30 bits per heavy atom. The van der Waals surface area contributed by atoms with Crippen molar-refractivity contribution >= 4 is 96.5 Å². The molecule has 2 heteroatoms. The fourth-order valence-corrected chi connectivity index (χ4v) is 11.3. The van der Waals surface area contributed by atoms with Crippen LogP contribution in [-0.2, 0) is 0 Å². The van der Waals surface area contributed by atoms with E-state index in [9.17, 15) is 0 Å². The van der Waals surface area contributed by atoms with Gasteiger partial charge < -0.3 is 4.42 Å². The minimum atomic E-state index is 0.886. The molecule has 1 nitrogen and oxygen atoms in total.